The number of carbonyl (C=O) groups excluding carboxylic acids is 1. The molecule has 1 saturated heterocycles. The first-order valence-electron chi connectivity index (χ1n) is 10.5. The molecule has 0 aliphatic carbocycles. The van der Waals surface area contributed by atoms with Crippen LogP contribution in [0.25, 0.3) is 5.57 Å². The van der Waals surface area contributed by atoms with Gasteiger partial charge < -0.3 is 14.4 Å². The number of benzene rings is 1. The summed E-state index contributed by atoms with van der Waals surface area (Å²) in [5.41, 5.74) is 6.82. The molecule has 1 fully saturated rings. The van der Waals surface area contributed by atoms with Crippen LogP contribution in [0, 0.1) is 0 Å². The van der Waals surface area contributed by atoms with Gasteiger partial charge in [-0.2, -0.15) is 0 Å². The molecule has 2 aliphatic heterocycles. The van der Waals surface area contributed by atoms with Gasteiger partial charge in [-0.1, -0.05) is 11.6 Å². The maximum Gasteiger partial charge on any atom is 0.305 e. The molecule has 0 spiro atoms. The van der Waals surface area contributed by atoms with Crippen LogP contribution in [-0.4, -0.2) is 38.1 Å². The Bertz CT molecular complexity index is 905. The normalized spacial score (nSPS) is 16.6. The number of likely N-dealkylation sites (tertiary alicyclic amines) is 1. The zero-order chi connectivity index (χ0) is 20.2. The number of thiophene rings is 1. The summed E-state index contributed by atoms with van der Waals surface area (Å²) in [4.78, 5) is 15.1. The highest BCUT2D eigenvalue weighted by atomic mass is 32.1. The Morgan fingerprint density at radius 2 is 2.03 bits per heavy atom. The summed E-state index contributed by atoms with van der Waals surface area (Å²) < 4.78 is 10.9. The van der Waals surface area contributed by atoms with Crippen LogP contribution < -0.4 is 4.74 Å². The van der Waals surface area contributed by atoms with Crippen LogP contribution in [-0.2, 0) is 22.6 Å². The minimum absolute atomic E-state index is 0.125. The number of esters is 1. The van der Waals surface area contributed by atoms with Crippen molar-refractivity contribution in [1.29, 1.82) is 0 Å². The molecule has 0 unspecified atom stereocenters. The fourth-order valence-corrected chi connectivity index (χ4v) is 5.21. The summed E-state index contributed by atoms with van der Waals surface area (Å²) in [5.74, 6) is 0.868. The number of methoxy groups -OCH3 is 1. The van der Waals surface area contributed by atoms with E-state index in [1.807, 2.05) is 11.3 Å². The van der Waals surface area contributed by atoms with Gasteiger partial charge in [0.25, 0.3) is 0 Å². The third kappa shape index (κ3) is 4.57. The Labute approximate surface area is 177 Å². The second-order valence-electron chi connectivity index (χ2n) is 7.96. The smallest absolute Gasteiger partial charge is 0.305 e. The molecule has 3 heterocycles. The van der Waals surface area contributed by atoms with Crippen LogP contribution in [0.4, 0.5) is 0 Å². The molecule has 2 aromatic rings. The van der Waals surface area contributed by atoms with E-state index >= 15 is 0 Å². The molecule has 5 heteroatoms. The Morgan fingerprint density at radius 3 is 2.83 bits per heavy atom. The molecular weight excluding hydrogens is 382 g/mol. The molecule has 4 rings (SSSR count). The van der Waals surface area contributed by atoms with Crippen LogP contribution in [0.2, 0.25) is 0 Å². The quantitative estimate of drug-likeness (QED) is 0.510. The van der Waals surface area contributed by atoms with Crippen molar-refractivity contribution >= 4 is 22.9 Å². The number of piperidine rings is 1. The Hall–Kier alpha value is -2.11. The second kappa shape index (κ2) is 9.14. The van der Waals surface area contributed by atoms with Crippen molar-refractivity contribution in [3.05, 3.63) is 56.8 Å². The van der Waals surface area contributed by atoms with E-state index in [0.29, 0.717) is 13.0 Å². The number of hydrogen-bond acceptors (Lipinski definition) is 5. The van der Waals surface area contributed by atoms with Gasteiger partial charge in [0, 0.05) is 41.1 Å². The monoisotopic (exact) mass is 411 g/mol. The fraction of sp³-hybridized carbons (Fsp3) is 0.458. The average Bonchev–Trinajstić information content (AvgIpc) is 3.14. The fourth-order valence-electron chi connectivity index (χ4n) is 4.19. The lowest BCUT2D eigenvalue weighted by Crippen LogP contribution is -2.26. The lowest BCUT2D eigenvalue weighted by molar-refractivity contribution is -0.140. The van der Waals surface area contributed by atoms with Gasteiger partial charge in [0.2, 0.25) is 0 Å². The zero-order valence-corrected chi connectivity index (χ0v) is 18.1. The first-order valence-corrected chi connectivity index (χ1v) is 11.3. The van der Waals surface area contributed by atoms with E-state index in [1.165, 1.54) is 34.3 Å². The van der Waals surface area contributed by atoms with Crippen molar-refractivity contribution in [2.24, 2.45) is 0 Å². The van der Waals surface area contributed by atoms with Gasteiger partial charge in [0.05, 0.1) is 7.11 Å². The zero-order valence-electron chi connectivity index (χ0n) is 17.3. The highest BCUT2D eigenvalue weighted by Crippen LogP contribution is 2.43. The van der Waals surface area contributed by atoms with Gasteiger partial charge in [0.1, 0.15) is 12.4 Å². The summed E-state index contributed by atoms with van der Waals surface area (Å²) in [6.45, 7) is 2.87. The molecule has 0 bridgehead atoms. The number of unbranched alkanes of at least 4 members (excludes halogenated alkanes) is 1. The SMILES string of the molecule is COC(=O)CCCCc1ccc2c(c1)C(=C1CCN(C)CC1)c1sccc1CO2. The highest BCUT2D eigenvalue weighted by molar-refractivity contribution is 7.11. The number of carbonyl (C=O) groups is 1. The van der Waals surface area contributed by atoms with E-state index in [1.54, 1.807) is 5.57 Å². The standard InChI is InChI=1S/C24H29NO3S/c1-25-12-9-18(10-13-25)23-20-15-17(5-3-4-6-22(26)27-2)7-8-21(20)28-16-19-11-14-29-24(19)23/h7-8,11,14-15H,3-6,9-10,12-13,16H2,1-2H3. The average molecular weight is 412 g/mol. The van der Waals surface area contributed by atoms with Crippen molar-refractivity contribution < 1.29 is 14.3 Å². The molecule has 1 aromatic carbocycles. The van der Waals surface area contributed by atoms with Crippen LogP contribution in [0.5, 0.6) is 5.75 Å². The topological polar surface area (TPSA) is 38.8 Å². The Morgan fingerprint density at radius 1 is 1.21 bits per heavy atom. The third-order valence-electron chi connectivity index (χ3n) is 5.94. The van der Waals surface area contributed by atoms with Crippen LogP contribution in [0.1, 0.15) is 53.7 Å². The van der Waals surface area contributed by atoms with Crippen molar-refractivity contribution in [3.63, 3.8) is 0 Å². The van der Waals surface area contributed by atoms with Gasteiger partial charge in [-0.05, 0) is 68.3 Å². The van der Waals surface area contributed by atoms with Crippen molar-refractivity contribution in [3.8, 4) is 5.75 Å². The third-order valence-corrected chi connectivity index (χ3v) is 6.91. The highest BCUT2D eigenvalue weighted by Gasteiger charge is 2.25. The van der Waals surface area contributed by atoms with E-state index in [2.05, 4.69) is 41.6 Å². The molecule has 0 atom stereocenters. The minimum atomic E-state index is -0.125. The molecule has 154 valence electrons. The van der Waals surface area contributed by atoms with Crippen LogP contribution >= 0.6 is 11.3 Å². The van der Waals surface area contributed by atoms with E-state index in [9.17, 15) is 4.79 Å². The number of hydrogen-bond donors (Lipinski definition) is 0. The summed E-state index contributed by atoms with van der Waals surface area (Å²) in [5, 5.41) is 2.19. The van der Waals surface area contributed by atoms with Gasteiger partial charge >= 0.3 is 5.97 Å². The Kier molecular flexibility index (Phi) is 6.36. The van der Waals surface area contributed by atoms with Crippen molar-refractivity contribution in [2.75, 3.05) is 27.2 Å². The summed E-state index contributed by atoms with van der Waals surface area (Å²) >= 11 is 1.84. The number of ether oxygens (including phenoxy) is 2. The molecule has 4 nitrogen and oxygen atoms in total. The van der Waals surface area contributed by atoms with Crippen LogP contribution in [0.3, 0.4) is 0 Å². The molecule has 0 radical (unpaired) electrons. The molecule has 0 amide bonds. The summed E-state index contributed by atoms with van der Waals surface area (Å²) in [6.07, 6.45) is 5.53. The maximum atomic E-state index is 11.3. The van der Waals surface area contributed by atoms with Gasteiger partial charge in [-0.3, -0.25) is 4.79 Å². The number of fused-ring (bicyclic) bond motifs is 2. The van der Waals surface area contributed by atoms with Crippen molar-refractivity contribution in [1.82, 2.24) is 4.90 Å². The van der Waals surface area contributed by atoms with E-state index in [0.717, 1.165) is 50.9 Å². The predicted octanol–water partition coefficient (Wildman–Crippen LogP) is 5.05. The molecule has 2 aliphatic rings. The lowest BCUT2D eigenvalue weighted by atomic mass is 9.89. The lowest BCUT2D eigenvalue weighted by Gasteiger charge is -2.26. The maximum absolute atomic E-state index is 11.3. The molecule has 0 saturated carbocycles. The molecule has 1 aromatic heterocycles. The first kappa shape index (κ1) is 20.2. The van der Waals surface area contributed by atoms with Gasteiger partial charge in [-0.15, -0.1) is 11.3 Å². The molecular formula is C24H29NO3S. The van der Waals surface area contributed by atoms with E-state index in [4.69, 9.17) is 9.47 Å². The molecule has 0 N–H and O–H groups in total. The van der Waals surface area contributed by atoms with Gasteiger partial charge in [-0.25, -0.2) is 0 Å². The van der Waals surface area contributed by atoms with Crippen molar-refractivity contribution in [2.45, 2.75) is 45.1 Å². The first-order chi connectivity index (χ1) is 14.2. The van der Waals surface area contributed by atoms with E-state index < -0.39 is 0 Å². The van der Waals surface area contributed by atoms with Gasteiger partial charge in [0.15, 0.2) is 0 Å². The molecule has 29 heavy (non-hydrogen) atoms. The number of nitrogens with zero attached hydrogens (tertiary/aromatic N) is 1. The predicted molar refractivity (Wildman–Crippen MR) is 117 cm³/mol. The number of rotatable bonds is 5. The number of aryl methyl sites for hydroxylation is 1. The second-order valence-corrected chi connectivity index (χ2v) is 8.88. The summed E-state index contributed by atoms with van der Waals surface area (Å²) in [6, 6.07) is 8.84. The Balaban J connectivity index is 1.63. The summed E-state index contributed by atoms with van der Waals surface area (Å²) in [7, 11) is 3.65. The van der Waals surface area contributed by atoms with Crippen LogP contribution in [0.15, 0.2) is 35.2 Å². The minimum Gasteiger partial charge on any atom is -0.488 e. The van der Waals surface area contributed by atoms with E-state index in [-0.39, 0.29) is 5.97 Å². The largest absolute Gasteiger partial charge is 0.488 e.